The van der Waals surface area contributed by atoms with E-state index in [1.165, 1.54) is 17.7 Å². The van der Waals surface area contributed by atoms with Gasteiger partial charge in [0.05, 0.1) is 0 Å². The molecule has 0 saturated heterocycles. The van der Waals surface area contributed by atoms with Gasteiger partial charge in [0.2, 0.25) is 0 Å². The van der Waals surface area contributed by atoms with Crippen LogP contribution in [0.5, 0.6) is 0 Å². The van der Waals surface area contributed by atoms with Crippen LogP contribution in [0.25, 0.3) is 0 Å². The second-order valence-electron chi connectivity index (χ2n) is 6.46. The third-order valence-corrected chi connectivity index (χ3v) is 4.59. The number of carbonyl (C=O) groups is 1. The van der Waals surface area contributed by atoms with Crippen LogP contribution >= 0.6 is 0 Å². The number of nitrogens with zero attached hydrogens (tertiary/aromatic N) is 2. The van der Waals surface area contributed by atoms with Crippen molar-refractivity contribution in [2.24, 2.45) is 16.6 Å². The highest BCUT2D eigenvalue weighted by Gasteiger charge is 2.48. The van der Waals surface area contributed by atoms with Crippen LogP contribution in [0.15, 0.2) is 29.3 Å². The van der Waals surface area contributed by atoms with Gasteiger partial charge in [0.1, 0.15) is 0 Å². The number of aryl methyl sites for hydroxylation is 1. The van der Waals surface area contributed by atoms with E-state index >= 15 is 0 Å². The van der Waals surface area contributed by atoms with Crippen molar-refractivity contribution in [3.05, 3.63) is 35.4 Å². The third kappa shape index (κ3) is 2.87. The number of aliphatic imine (C=N–C) groups is 1. The summed E-state index contributed by atoms with van der Waals surface area (Å²) in [6.45, 7) is 6.42. The Labute approximate surface area is 133 Å². The minimum absolute atomic E-state index is 0.0114. The topological polar surface area (TPSA) is 58.7 Å². The van der Waals surface area contributed by atoms with E-state index in [1.54, 1.807) is 7.05 Å². The molecule has 22 heavy (non-hydrogen) atoms. The molecule has 1 aliphatic rings. The van der Waals surface area contributed by atoms with Gasteiger partial charge >= 0.3 is 0 Å². The van der Waals surface area contributed by atoms with Crippen LogP contribution in [-0.4, -0.2) is 23.8 Å². The van der Waals surface area contributed by atoms with Crippen molar-refractivity contribution in [3.8, 4) is 0 Å². The first-order valence-corrected chi connectivity index (χ1v) is 8.12. The Kier molecular flexibility index (Phi) is 4.89. The summed E-state index contributed by atoms with van der Waals surface area (Å²) >= 11 is 0. The lowest BCUT2D eigenvalue weighted by atomic mass is 9.79. The molecule has 1 aliphatic heterocycles. The number of guanidine groups is 1. The molecule has 0 radical (unpaired) electrons. The Bertz CT molecular complexity index is 581. The lowest BCUT2D eigenvalue weighted by Crippen LogP contribution is -2.41. The molecule has 0 aliphatic carbocycles. The number of amides is 1. The molecule has 2 N–H and O–H groups in total. The summed E-state index contributed by atoms with van der Waals surface area (Å²) in [6.07, 6.45) is 4.16. The fourth-order valence-corrected chi connectivity index (χ4v) is 3.31. The second-order valence-corrected chi connectivity index (χ2v) is 6.46. The summed E-state index contributed by atoms with van der Waals surface area (Å²) in [7, 11) is 1.71. The summed E-state index contributed by atoms with van der Waals surface area (Å²) in [5.74, 6) is 0.727. The maximum absolute atomic E-state index is 12.9. The van der Waals surface area contributed by atoms with E-state index < -0.39 is 5.54 Å². The number of hydrogen-bond donors (Lipinski definition) is 1. The zero-order valence-corrected chi connectivity index (χ0v) is 14.1. The van der Waals surface area contributed by atoms with Crippen LogP contribution in [0.1, 0.15) is 50.7 Å². The molecule has 2 atom stereocenters. The van der Waals surface area contributed by atoms with Crippen LogP contribution < -0.4 is 5.73 Å². The third-order valence-electron chi connectivity index (χ3n) is 4.59. The van der Waals surface area contributed by atoms with Crippen LogP contribution in [0.3, 0.4) is 0 Å². The second kappa shape index (κ2) is 6.51. The van der Waals surface area contributed by atoms with Gasteiger partial charge in [-0.2, -0.15) is 0 Å². The molecular formula is C18H27N3O. The van der Waals surface area contributed by atoms with Gasteiger partial charge in [-0.15, -0.1) is 0 Å². The van der Waals surface area contributed by atoms with Crippen molar-refractivity contribution in [2.75, 3.05) is 7.05 Å². The summed E-state index contributed by atoms with van der Waals surface area (Å²) in [6, 6.07) is 8.00. The van der Waals surface area contributed by atoms with Gasteiger partial charge in [-0.1, -0.05) is 57.4 Å². The van der Waals surface area contributed by atoms with E-state index in [9.17, 15) is 4.79 Å². The zero-order chi connectivity index (χ0) is 16.3. The van der Waals surface area contributed by atoms with Gasteiger partial charge in [-0.05, 0) is 30.4 Å². The lowest BCUT2D eigenvalue weighted by Gasteiger charge is -2.29. The van der Waals surface area contributed by atoms with Crippen molar-refractivity contribution in [1.82, 2.24) is 4.90 Å². The Morgan fingerprint density at radius 2 is 2.05 bits per heavy atom. The van der Waals surface area contributed by atoms with Crippen molar-refractivity contribution in [1.29, 1.82) is 0 Å². The van der Waals surface area contributed by atoms with Gasteiger partial charge in [0.15, 0.2) is 11.5 Å². The average Bonchev–Trinajstić information content (AvgIpc) is 2.70. The number of likely N-dealkylation sites (N-methyl/N-ethyl adjacent to an activating group) is 1. The van der Waals surface area contributed by atoms with Gasteiger partial charge in [0, 0.05) is 7.05 Å². The van der Waals surface area contributed by atoms with Gasteiger partial charge < -0.3 is 5.73 Å². The minimum Gasteiger partial charge on any atom is -0.369 e. The molecule has 0 fully saturated rings. The first-order valence-electron chi connectivity index (χ1n) is 8.12. The molecule has 2 rings (SSSR count). The van der Waals surface area contributed by atoms with E-state index in [2.05, 4.69) is 18.8 Å². The summed E-state index contributed by atoms with van der Waals surface area (Å²) in [5, 5.41) is 0. The van der Waals surface area contributed by atoms with Crippen LogP contribution in [0.4, 0.5) is 0 Å². The van der Waals surface area contributed by atoms with Crippen molar-refractivity contribution in [3.63, 3.8) is 0 Å². The largest absolute Gasteiger partial charge is 0.369 e. The monoisotopic (exact) mass is 301 g/mol. The van der Waals surface area contributed by atoms with E-state index in [0.29, 0.717) is 18.3 Å². The Morgan fingerprint density at radius 1 is 1.36 bits per heavy atom. The molecule has 0 bridgehead atoms. The van der Waals surface area contributed by atoms with Gasteiger partial charge in [0.25, 0.3) is 5.91 Å². The highest BCUT2D eigenvalue weighted by molar-refractivity contribution is 6.07. The number of hydrogen-bond acceptors (Lipinski definition) is 3. The molecule has 0 spiro atoms. The molecule has 2 unspecified atom stereocenters. The van der Waals surface area contributed by atoms with Crippen molar-refractivity contribution in [2.45, 2.75) is 52.0 Å². The molecule has 120 valence electrons. The quantitative estimate of drug-likeness (QED) is 0.877. The lowest BCUT2D eigenvalue weighted by molar-refractivity contribution is -0.131. The predicted molar refractivity (Wildman–Crippen MR) is 90.6 cm³/mol. The molecule has 1 amide bonds. The Balaban J connectivity index is 2.43. The maximum atomic E-state index is 12.9. The number of benzene rings is 1. The molecular weight excluding hydrogens is 274 g/mol. The molecule has 1 aromatic rings. The normalized spacial score (nSPS) is 22.8. The van der Waals surface area contributed by atoms with Crippen molar-refractivity contribution >= 4 is 11.9 Å². The van der Waals surface area contributed by atoms with E-state index in [-0.39, 0.29) is 5.91 Å². The number of rotatable bonds is 6. The number of nitrogens with two attached hydrogens (primary N) is 1. The van der Waals surface area contributed by atoms with E-state index in [1.807, 2.05) is 31.2 Å². The zero-order valence-electron chi connectivity index (χ0n) is 14.1. The fraction of sp³-hybridized carbons (Fsp3) is 0.556. The molecule has 4 heteroatoms. The van der Waals surface area contributed by atoms with E-state index in [4.69, 9.17) is 5.73 Å². The van der Waals surface area contributed by atoms with Crippen molar-refractivity contribution < 1.29 is 4.79 Å². The van der Waals surface area contributed by atoms with Gasteiger partial charge in [-0.25, -0.2) is 4.99 Å². The van der Waals surface area contributed by atoms with Crippen LogP contribution in [0.2, 0.25) is 0 Å². The first kappa shape index (κ1) is 16.5. The standard InChI is InChI=1S/C18H27N3O/c1-5-6-9-13(2)12-18(15-11-8-7-10-14(15)3)16(22)21(4)17(19)20-18/h7-8,10-11,13H,5-6,9,12H2,1-4H3,(H2,19,20). The molecule has 4 nitrogen and oxygen atoms in total. The minimum atomic E-state index is -0.850. The van der Waals surface area contributed by atoms with E-state index in [0.717, 1.165) is 17.5 Å². The van der Waals surface area contributed by atoms with Crippen LogP contribution in [-0.2, 0) is 10.3 Å². The number of carbonyl (C=O) groups excluding carboxylic acids is 1. The fourth-order valence-electron chi connectivity index (χ4n) is 3.31. The first-order chi connectivity index (χ1) is 10.4. The molecule has 1 aromatic carbocycles. The highest BCUT2D eigenvalue weighted by Crippen LogP contribution is 2.40. The maximum Gasteiger partial charge on any atom is 0.261 e. The highest BCUT2D eigenvalue weighted by atomic mass is 16.2. The molecule has 1 heterocycles. The summed E-state index contributed by atoms with van der Waals surface area (Å²) < 4.78 is 0. The number of unbranched alkanes of at least 4 members (excludes halogenated alkanes) is 1. The van der Waals surface area contributed by atoms with Crippen LogP contribution in [0, 0.1) is 12.8 Å². The average molecular weight is 301 g/mol. The Hall–Kier alpha value is -1.84. The summed E-state index contributed by atoms with van der Waals surface area (Å²) in [4.78, 5) is 19.0. The smallest absolute Gasteiger partial charge is 0.261 e. The predicted octanol–water partition coefficient (Wildman–Crippen LogP) is 3.19. The molecule has 0 saturated carbocycles. The molecule has 0 aromatic heterocycles. The Morgan fingerprint density at radius 3 is 2.59 bits per heavy atom. The SMILES string of the molecule is CCCCC(C)CC1(c2ccccc2C)N=C(N)N(C)C1=O. The summed E-state index contributed by atoms with van der Waals surface area (Å²) in [5.41, 5.74) is 7.18. The van der Waals surface area contributed by atoms with Gasteiger partial charge in [-0.3, -0.25) is 9.69 Å².